The lowest BCUT2D eigenvalue weighted by atomic mass is 9.98. The first-order chi connectivity index (χ1) is 16.1. The number of phenols is 2. The highest BCUT2D eigenvalue weighted by Crippen LogP contribution is 2.40. The molecule has 0 amide bonds. The number of phenolic OH excluding ortho intramolecular Hbond substituents is 2. The number of pyridine rings is 1. The Bertz CT molecular complexity index is 1430. The Kier molecular flexibility index (Phi) is 5.25. The maximum absolute atomic E-state index is 10.6. The summed E-state index contributed by atoms with van der Waals surface area (Å²) in [6.45, 7) is 0. The van der Waals surface area contributed by atoms with Crippen molar-refractivity contribution >= 4 is 0 Å². The predicted octanol–water partition coefficient (Wildman–Crippen LogP) is 6.87. The lowest BCUT2D eigenvalue weighted by Crippen LogP contribution is -1.92. The minimum Gasteiger partial charge on any atom is -0.507 e. The molecular formula is C29H21NO3. The fourth-order valence-electron chi connectivity index (χ4n) is 3.89. The third kappa shape index (κ3) is 4.02. The van der Waals surface area contributed by atoms with Crippen molar-refractivity contribution in [2.24, 2.45) is 0 Å². The van der Waals surface area contributed by atoms with Gasteiger partial charge < -0.3 is 15.3 Å². The smallest absolute Gasteiger partial charge is 0.142 e. The van der Waals surface area contributed by atoms with E-state index in [1.54, 1.807) is 24.3 Å². The molecule has 0 aliphatic heterocycles. The molecule has 0 saturated heterocycles. The van der Waals surface area contributed by atoms with Crippen molar-refractivity contribution in [1.82, 2.24) is 4.98 Å². The number of nitrogens with zero attached hydrogens (tertiary/aromatic N) is 1. The zero-order chi connectivity index (χ0) is 22.8. The van der Waals surface area contributed by atoms with Crippen molar-refractivity contribution in [3.8, 4) is 62.0 Å². The maximum Gasteiger partial charge on any atom is 0.142 e. The monoisotopic (exact) mass is 431 g/mol. The molecule has 0 aliphatic rings. The van der Waals surface area contributed by atoms with Crippen LogP contribution in [0.4, 0.5) is 0 Å². The minimum atomic E-state index is -0.0574. The van der Waals surface area contributed by atoms with Crippen molar-refractivity contribution in [2.45, 2.75) is 0 Å². The molecule has 0 unspecified atom stereocenters. The quantitative estimate of drug-likeness (QED) is 0.290. The standard InChI is InChI=1S/C29H21NO3/c31-26-14-11-21(19-7-3-1-4-8-19)17-23(26)25-13-16-28(33)29(30-25)24-18-22(12-15-27(24)32)20-9-5-2-6-10-20/h1-18,31-33H. The van der Waals surface area contributed by atoms with E-state index in [2.05, 4.69) is 4.98 Å². The fourth-order valence-corrected chi connectivity index (χ4v) is 3.89. The van der Waals surface area contributed by atoms with Crippen LogP contribution in [0.15, 0.2) is 109 Å². The van der Waals surface area contributed by atoms with Crippen molar-refractivity contribution in [1.29, 1.82) is 0 Å². The van der Waals surface area contributed by atoms with E-state index >= 15 is 0 Å². The van der Waals surface area contributed by atoms with Crippen molar-refractivity contribution in [3.05, 3.63) is 109 Å². The summed E-state index contributed by atoms with van der Waals surface area (Å²) >= 11 is 0. The first kappa shape index (κ1) is 20.3. The molecule has 4 aromatic carbocycles. The minimum absolute atomic E-state index is 0.0110. The van der Waals surface area contributed by atoms with Crippen LogP contribution >= 0.6 is 0 Å². The van der Waals surface area contributed by atoms with Crippen LogP contribution in [0.2, 0.25) is 0 Å². The van der Waals surface area contributed by atoms with E-state index in [4.69, 9.17) is 0 Å². The average molecular weight is 431 g/mol. The molecule has 0 aliphatic carbocycles. The second kappa shape index (κ2) is 8.52. The van der Waals surface area contributed by atoms with E-state index < -0.39 is 0 Å². The van der Waals surface area contributed by atoms with E-state index in [0.717, 1.165) is 22.3 Å². The van der Waals surface area contributed by atoms with Gasteiger partial charge in [-0.05, 0) is 58.7 Å². The molecule has 3 N–H and O–H groups in total. The van der Waals surface area contributed by atoms with Gasteiger partial charge >= 0.3 is 0 Å². The van der Waals surface area contributed by atoms with E-state index in [1.165, 1.54) is 6.07 Å². The summed E-state index contributed by atoms with van der Waals surface area (Å²) in [7, 11) is 0. The van der Waals surface area contributed by atoms with Crippen LogP contribution in [0, 0.1) is 0 Å². The van der Waals surface area contributed by atoms with Gasteiger partial charge in [-0.3, -0.25) is 0 Å². The molecule has 0 bridgehead atoms. The van der Waals surface area contributed by atoms with Crippen molar-refractivity contribution in [2.75, 3.05) is 0 Å². The molecule has 4 nitrogen and oxygen atoms in total. The largest absolute Gasteiger partial charge is 0.507 e. The van der Waals surface area contributed by atoms with Crippen LogP contribution in [-0.2, 0) is 0 Å². The fraction of sp³-hybridized carbons (Fsp3) is 0. The molecule has 5 aromatic rings. The Morgan fingerprint density at radius 2 is 0.909 bits per heavy atom. The number of aromatic nitrogens is 1. The summed E-state index contributed by atoms with van der Waals surface area (Å²) in [6, 6.07) is 33.4. The van der Waals surface area contributed by atoms with Crippen LogP contribution in [0.1, 0.15) is 0 Å². The van der Waals surface area contributed by atoms with Gasteiger partial charge in [0.2, 0.25) is 0 Å². The molecule has 0 radical (unpaired) electrons. The van der Waals surface area contributed by atoms with Crippen LogP contribution in [-0.4, -0.2) is 20.3 Å². The Morgan fingerprint density at radius 3 is 1.48 bits per heavy atom. The first-order valence-electron chi connectivity index (χ1n) is 10.6. The van der Waals surface area contributed by atoms with E-state index in [-0.39, 0.29) is 22.9 Å². The second-order valence-electron chi connectivity index (χ2n) is 7.76. The molecule has 0 spiro atoms. The summed E-state index contributed by atoms with van der Waals surface area (Å²) in [5, 5.41) is 31.7. The van der Waals surface area contributed by atoms with Crippen LogP contribution in [0.25, 0.3) is 44.8 Å². The van der Waals surface area contributed by atoms with Crippen LogP contribution in [0.3, 0.4) is 0 Å². The molecule has 4 heteroatoms. The summed E-state index contributed by atoms with van der Waals surface area (Å²) in [4.78, 5) is 4.63. The second-order valence-corrected chi connectivity index (χ2v) is 7.76. The van der Waals surface area contributed by atoms with E-state index in [0.29, 0.717) is 16.8 Å². The molecule has 160 valence electrons. The highest BCUT2D eigenvalue weighted by atomic mass is 16.3. The first-order valence-corrected chi connectivity index (χ1v) is 10.6. The predicted molar refractivity (Wildman–Crippen MR) is 131 cm³/mol. The Morgan fingerprint density at radius 1 is 0.424 bits per heavy atom. The van der Waals surface area contributed by atoms with E-state index in [9.17, 15) is 15.3 Å². The van der Waals surface area contributed by atoms with Gasteiger partial charge in [-0.15, -0.1) is 0 Å². The van der Waals surface area contributed by atoms with Gasteiger partial charge in [-0.25, -0.2) is 4.98 Å². The summed E-state index contributed by atoms with van der Waals surface area (Å²) in [5.74, 6) is 0.0379. The lowest BCUT2D eigenvalue weighted by Gasteiger charge is -2.12. The zero-order valence-corrected chi connectivity index (χ0v) is 17.7. The van der Waals surface area contributed by atoms with Crippen molar-refractivity contribution < 1.29 is 15.3 Å². The van der Waals surface area contributed by atoms with Gasteiger partial charge in [0.05, 0.1) is 5.69 Å². The molecule has 5 rings (SSSR count). The summed E-state index contributed by atoms with van der Waals surface area (Å²) in [5.41, 5.74) is 5.52. The highest BCUT2D eigenvalue weighted by molar-refractivity contribution is 5.81. The molecular weight excluding hydrogens is 410 g/mol. The van der Waals surface area contributed by atoms with Crippen LogP contribution in [0.5, 0.6) is 17.2 Å². The highest BCUT2D eigenvalue weighted by Gasteiger charge is 2.16. The Balaban J connectivity index is 1.62. The molecule has 1 heterocycles. The molecule has 0 fully saturated rings. The van der Waals surface area contributed by atoms with Gasteiger partial charge in [0.15, 0.2) is 0 Å². The molecule has 33 heavy (non-hydrogen) atoms. The number of hydrogen-bond acceptors (Lipinski definition) is 4. The molecule has 0 saturated carbocycles. The van der Waals surface area contributed by atoms with Crippen molar-refractivity contribution in [3.63, 3.8) is 0 Å². The normalized spacial score (nSPS) is 10.8. The van der Waals surface area contributed by atoms with Gasteiger partial charge in [-0.1, -0.05) is 72.8 Å². The average Bonchev–Trinajstić information content (AvgIpc) is 2.86. The topological polar surface area (TPSA) is 73.6 Å². The number of rotatable bonds is 4. The number of hydrogen-bond donors (Lipinski definition) is 3. The zero-order valence-electron chi connectivity index (χ0n) is 17.7. The van der Waals surface area contributed by atoms with Gasteiger partial charge in [0, 0.05) is 11.1 Å². The van der Waals surface area contributed by atoms with Gasteiger partial charge in [0.1, 0.15) is 22.9 Å². The van der Waals surface area contributed by atoms with E-state index in [1.807, 2.05) is 78.9 Å². The molecule has 0 atom stereocenters. The lowest BCUT2D eigenvalue weighted by molar-refractivity contribution is 0.467. The maximum atomic E-state index is 10.6. The number of benzene rings is 4. The Hall–Kier alpha value is -4.57. The SMILES string of the molecule is Oc1ccc(-c2ccccc2)cc1-c1ccc(O)c(-c2cc(-c3ccccc3)ccc2O)n1. The summed E-state index contributed by atoms with van der Waals surface area (Å²) in [6.07, 6.45) is 0. The van der Waals surface area contributed by atoms with Crippen LogP contribution < -0.4 is 0 Å². The third-order valence-corrected chi connectivity index (χ3v) is 5.61. The van der Waals surface area contributed by atoms with Gasteiger partial charge in [-0.2, -0.15) is 0 Å². The van der Waals surface area contributed by atoms with Gasteiger partial charge in [0.25, 0.3) is 0 Å². The summed E-state index contributed by atoms with van der Waals surface area (Å²) < 4.78 is 0. The Labute approximate surface area is 191 Å². The number of aromatic hydroxyl groups is 3. The molecule has 1 aromatic heterocycles. The third-order valence-electron chi connectivity index (χ3n) is 5.61.